The molecular formula is C15H15BrN2O3. The van der Waals surface area contributed by atoms with Crippen molar-refractivity contribution in [1.82, 2.24) is 9.97 Å². The molecule has 0 amide bonds. The summed E-state index contributed by atoms with van der Waals surface area (Å²) in [5.41, 5.74) is 1.82. The van der Waals surface area contributed by atoms with E-state index >= 15 is 0 Å². The predicted octanol–water partition coefficient (Wildman–Crippen LogP) is 4.16. The minimum Gasteiger partial charge on any atom is -0.478 e. The van der Waals surface area contributed by atoms with Crippen LogP contribution in [-0.4, -0.2) is 21.0 Å². The van der Waals surface area contributed by atoms with Crippen molar-refractivity contribution in [3.05, 3.63) is 45.7 Å². The maximum atomic E-state index is 11.0. The van der Waals surface area contributed by atoms with Gasteiger partial charge in [-0.15, -0.1) is 0 Å². The standard InChI is InChI=1S/C15H15BrN2O3/c1-8(2)12-6-9(3)17-15(18-12)21-13-7-10(14(19)20)4-5-11(13)16/h4-8H,1-3H3,(H,19,20). The molecule has 1 aromatic carbocycles. The summed E-state index contributed by atoms with van der Waals surface area (Å²) in [5, 5.41) is 9.03. The largest absolute Gasteiger partial charge is 0.478 e. The second kappa shape index (κ2) is 6.22. The van der Waals surface area contributed by atoms with Gasteiger partial charge in [-0.25, -0.2) is 9.78 Å². The molecule has 0 aliphatic heterocycles. The van der Waals surface area contributed by atoms with Crippen LogP contribution in [0.3, 0.4) is 0 Å². The summed E-state index contributed by atoms with van der Waals surface area (Å²) < 4.78 is 6.28. The van der Waals surface area contributed by atoms with E-state index < -0.39 is 5.97 Å². The highest BCUT2D eigenvalue weighted by Crippen LogP contribution is 2.30. The van der Waals surface area contributed by atoms with Crippen LogP contribution in [0, 0.1) is 6.92 Å². The summed E-state index contributed by atoms with van der Waals surface area (Å²) in [5.74, 6) is -0.390. The van der Waals surface area contributed by atoms with Gasteiger partial charge in [0.05, 0.1) is 15.7 Å². The molecule has 21 heavy (non-hydrogen) atoms. The zero-order valence-corrected chi connectivity index (χ0v) is 13.5. The van der Waals surface area contributed by atoms with Gasteiger partial charge in [0.25, 0.3) is 0 Å². The Morgan fingerprint density at radius 2 is 2.00 bits per heavy atom. The molecule has 0 aliphatic carbocycles. The predicted molar refractivity (Wildman–Crippen MR) is 82.0 cm³/mol. The topological polar surface area (TPSA) is 72.3 Å². The molecular weight excluding hydrogens is 336 g/mol. The molecule has 6 heteroatoms. The number of aromatic nitrogens is 2. The minimum absolute atomic E-state index is 0.143. The van der Waals surface area contributed by atoms with E-state index in [4.69, 9.17) is 9.84 Å². The summed E-state index contributed by atoms with van der Waals surface area (Å²) in [4.78, 5) is 19.6. The first-order chi connectivity index (χ1) is 9.86. The van der Waals surface area contributed by atoms with E-state index in [1.54, 1.807) is 6.07 Å². The van der Waals surface area contributed by atoms with Crippen LogP contribution in [0.15, 0.2) is 28.7 Å². The number of halogens is 1. The molecule has 0 atom stereocenters. The summed E-state index contributed by atoms with van der Waals surface area (Å²) in [6.45, 7) is 5.93. The van der Waals surface area contributed by atoms with Crippen LogP contribution in [0.2, 0.25) is 0 Å². The SMILES string of the molecule is Cc1cc(C(C)C)nc(Oc2cc(C(=O)O)ccc2Br)n1. The third-order valence-corrected chi connectivity index (χ3v) is 3.48. The van der Waals surface area contributed by atoms with Gasteiger partial charge in [0, 0.05) is 5.69 Å². The zero-order chi connectivity index (χ0) is 15.6. The molecule has 1 aromatic heterocycles. The van der Waals surface area contributed by atoms with Crippen molar-refractivity contribution >= 4 is 21.9 Å². The smallest absolute Gasteiger partial charge is 0.335 e. The van der Waals surface area contributed by atoms with Crippen LogP contribution in [0.25, 0.3) is 0 Å². The van der Waals surface area contributed by atoms with Crippen molar-refractivity contribution in [3.8, 4) is 11.8 Å². The molecule has 110 valence electrons. The van der Waals surface area contributed by atoms with Gasteiger partial charge in [-0.3, -0.25) is 0 Å². The molecule has 2 aromatic rings. The number of carbonyl (C=O) groups is 1. The second-order valence-electron chi connectivity index (χ2n) is 4.92. The number of nitrogens with zero attached hydrogens (tertiary/aromatic N) is 2. The van der Waals surface area contributed by atoms with Gasteiger partial charge >= 0.3 is 12.0 Å². The average Bonchev–Trinajstić information content (AvgIpc) is 2.40. The number of hydrogen-bond acceptors (Lipinski definition) is 4. The molecule has 0 unspecified atom stereocenters. The summed E-state index contributed by atoms with van der Waals surface area (Å²) in [7, 11) is 0. The quantitative estimate of drug-likeness (QED) is 0.895. The Bertz CT molecular complexity index is 687. The summed E-state index contributed by atoms with van der Waals surface area (Å²) >= 11 is 3.33. The Kier molecular flexibility index (Phi) is 4.57. The lowest BCUT2D eigenvalue weighted by molar-refractivity contribution is 0.0696. The molecule has 2 rings (SSSR count). The van der Waals surface area contributed by atoms with E-state index in [1.165, 1.54) is 12.1 Å². The number of aryl methyl sites for hydroxylation is 1. The van der Waals surface area contributed by atoms with Gasteiger partial charge in [0.2, 0.25) is 0 Å². The average molecular weight is 351 g/mol. The minimum atomic E-state index is -1.01. The van der Waals surface area contributed by atoms with Crippen molar-refractivity contribution in [3.63, 3.8) is 0 Å². The fourth-order valence-corrected chi connectivity index (χ4v) is 2.05. The van der Waals surface area contributed by atoms with E-state index in [-0.39, 0.29) is 17.5 Å². The highest BCUT2D eigenvalue weighted by molar-refractivity contribution is 9.10. The molecule has 0 aliphatic rings. The van der Waals surface area contributed by atoms with Gasteiger partial charge in [-0.1, -0.05) is 13.8 Å². The molecule has 0 spiro atoms. The van der Waals surface area contributed by atoms with Crippen LogP contribution in [-0.2, 0) is 0 Å². The first-order valence-electron chi connectivity index (χ1n) is 6.43. The number of ether oxygens (including phenoxy) is 1. The molecule has 0 bridgehead atoms. The first-order valence-corrected chi connectivity index (χ1v) is 7.22. The molecule has 5 nitrogen and oxygen atoms in total. The fraction of sp³-hybridized carbons (Fsp3) is 0.267. The number of aromatic carboxylic acids is 1. The lowest BCUT2D eigenvalue weighted by Crippen LogP contribution is -2.01. The Morgan fingerprint density at radius 3 is 2.62 bits per heavy atom. The number of hydrogen-bond donors (Lipinski definition) is 1. The van der Waals surface area contributed by atoms with Gasteiger partial charge in [0.1, 0.15) is 5.75 Å². The van der Waals surface area contributed by atoms with Gasteiger partial charge in [0.15, 0.2) is 0 Å². The number of carboxylic acids is 1. The highest BCUT2D eigenvalue weighted by Gasteiger charge is 2.12. The Morgan fingerprint density at radius 1 is 1.29 bits per heavy atom. The van der Waals surface area contributed by atoms with Crippen molar-refractivity contribution in [2.24, 2.45) is 0 Å². The van der Waals surface area contributed by atoms with Crippen LogP contribution < -0.4 is 4.74 Å². The number of benzene rings is 1. The van der Waals surface area contributed by atoms with Crippen molar-refractivity contribution < 1.29 is 14.6 Å². The molecule has 1 N–H and O–H groups in total. The third kappa shape index (κ3) is 3.78. The van der Waals surface area contributed by atoms with Crippen LogP contribution in [0.4, 0.5) is 0 Å². The molecule has 0 fully saturated rings. The van der Waals surface area contributed by atoms with E-state index in [0.717, 1.165) is 11.4 Å². The van der Waals surface area contributed by atoms with Crippen molar-refractivity contribution in [2.75, 3.05) is 0 Å². The van der Waals surface area contributed by atoms with E-state index in [2.05, 4.69) is 25.9 Å². The fourth-order valence-electron chi connectivity index (χ4n) is 1.72. The number of carboxylic acid groups (broad SMARTS) is 1. The third-order valence-electron chi connectivity index (χ3n) is 2.82. The molecule has 0 radical (unpaired) electrons. The highest BCUT2D eigenvalue weighted by atomic mass is 79.9. The second-order valence-corrected chi connectivity index (χ2v) is 5.78. The first kappa shape index (κ1) is 15.4. The van der Waals surface area contributed by atoms with E-state index in [0.29, 0.717) is 10.2 Å². The molecule has 0 saturated carbocycles. The normalized spacial score (nSPS) is 10.7. The van der Waals surface area contributed by atoms with Gasteiger partial charge in [-0.2, -0.15) is 4.98 Å². The molecule has 0 saturated heterocycles. The Balaban J connectivity index is 2.38. The van der Waals surface area contributed by atoms with Crippen LogP contribution in [0.5, 0.6) is 11.8 Å². The maximum absolute atomic E-state index is 11.0. The molecule has 1 heterocycles. The van der Waals surface area contributed by atoms with Crippen LogP contribution in [0.1, 0.15) is 41.5 Å². The van der Waals surface area contributed by atoms with Crippen molar-refractivity contribution in [2.45, 2.75) is 26.7 Å². The zero-order valence-electron chi connectivity index (χ0n) is 11.9. The van der Waals surface area contributed by atoms with Gasteiger partial charge in [-0.05, 0) is 53.0 Å². The van der Waals surface area contributed by atoms with Crippen LogP contribution >= 0.6 is 15.9 Å². The maximum Gasteiger partial charge on any atom is 0.335 e. The Labute approximate surface area is 131 Å². The Hall–Kier alpha value is -1.95. The van der Waals surface area contributed by atoms with Crippen molar-refractivity contribution in [1.29, 1.82) is 0 Å². The lowest BCUT2D eigenvalue weighted by Gasteiger charge is -2.10. The van der Waals surface area contributed by atoms with E-state index in [9.17, 15) is 4.79 Å². The summed E-state index contributed by atoms with van der Waals surface area (Å²) in [6.07, 6.45) is 0. The monoisotopic (exact) mass is 350 g/mol. The lowest BCUT2D eigenvalue weighted by atomic mass is 10.1. The summed E-state index contributed by atoms with van der Waals surface area (Å²) in [6, 6.07) is 6.67. The van der Waals surface area contributed by atoms with E-state index in [1.807, 2.05) is 26.8 Å². The number of rotatable bonds is 4. The van der Waals surface area contributed by atoms with Gasteiger partial charge < -0.3 is 9.84 Å².